The van der Waals surface area contributed by atoms with Crippen molar-refractivity contribution >= 4 is 44.2 Å². The number of rotatable bonds is 4. The topological polar surface area (TPSA) is 88.9 Å². The smallest absolute Gasteiger partial charge is 0.278 e. The number of anilines is 2. The zero-order valence-electron chi connectivity index (χ0n) is 17.2. The lowest BCUT2D eigenvalue weighted by atomic mass is 10.2. The highest BCUT2D eigenvalue weighted by Crippen LogP contribution is 2.31. The normalized spacial score (nSPS) is 12.7. The molecule has 0 aliphatic heterocycles. The van der Waals surface area contributed by atoms with E-state index >= 15 is 0 Å². The highest BCUT2D eigenvalue weighted by molar-refractivity contribution is 7.22. The van der Waals surface area contributed by atoms with E-state index < -0.39 is 0 Å². The fraction of sp³-hybridized carbons (Fsp3) is 0.217. The van der Waals surface area contributed by atoms with Gasteiger partial charge in [0.2, 0.25) is 5.91 Å². The van der Waals surface area contributed by atoms with Crippen molar-refractivity contribution in [2.45, 2.75) is 33.1 Å². The first-order valence-corrected chi connectivity index (χ1v) is 11.0. The number of nitrogens with zero attached hydrogens (tertiary/aromatic N) is 3. The van der Waals surface area contributed by atoms with Crippen LogP contribution in [0.5, 0.6) is 0 Å². The summed E-state index contributed by atoms with van der Waals surface area (Å²) in [6, 6.07) is 13.6. The summed E-state index contributed by atoms with van der Waals surface area (Å²) in [6.07, 6.45) is 2.79. The molecule has 31 heavy (non-hydrogen) atoms. The Balaban J connectivity index is 1.45. The van der Waals surface area contributed by atoms with Gasteiger partial charge >= 0.3 is 0 Å². The maximum absolute atomic E-state index is 13.1. The fourth-order valence-corrected chi connectivity index (χ4v) is 4.94. The zero-order valence-corrected chi connectivity index (χ0v) is 18.0. The molecule has 1 aliphatic carbocycles. The minimum Gasteiger partial charge on any atom is -0.326 e. The monoisotopic (exact) mass is 431 g/mol. The van der Waals surface area contributed by atoms with E-state index in [2.05, 4.69) is 28.6 Å². The summed E-state index contributed by atoms with van der Waals surface area (Å²) in [5.41, 5.74) is 6.20. The summed E-state index contributed by atoms with van der Waals surface area (Å²) in [6.45, 7) is 3.52. The first kappa shape index (κ1) is 19.4. The molecule has 0 bridgehead atoms. The Hall–Kier alpha value is -3.52. The van der Waals surface area contributed by atoms with Crippen LogP contribution in [0, 0.1) is 6.92 Å². The van der Waals surface area contributed by atoms with Gasteiger partial charge in [0, 0.05) is 23.9 Å². The molecule has 0 spiro atoms. The van der Waals surface area contributed by atoms with E-state index in [1.807, 2.05) is 35.0 Å². The summed E-state index contributed by atoms with van der Waals surface area (Å²) in [5.74, 6) is -0.373. The average molecular weight is 432 g/mol. The van der Waals surface area contributed by atoms with Crippen LogP contribution in [0.2, 0.25) is 0 Å². The molecular formula is C23H21N5O2S. The molecule has 2 amide bonds. The first-order valence-electron chi connectivity index (χ1n) is 10.2. The van der Waals surface area contributed by atoms with Crippen LogP contribution in [0.3, 0.4) is 0 Å². The fourth-order valence-electron chi connectivity index (χ4n) is 4.04. The van der Waals surface area contributed by atoms with Crippen molar-refractivity contribution in [2.75, 3.05) is 10.6 Å². The number of hydrogen-bond donors (Lipinski definition) is 2. The average Bonchev–Trinajstić information content (AvgIpc) is 3.42. The maximum atomic E-state index is 13.1. The number of carbonyl (C=O) groups excluding carboxylic acids is 2. The molecule has 0 radical (unpaired) electrons. The van der Waals surface area contributed by atoms with Gasteiger partial charge in [-0.05, 0) is 56.0 Å². The number of aromatic nitrogens is 3. The molecular weight excluding hydrogens is 410 g/mol. The van der Waals surface area contributed by atoms with Gasteiger partial charge in [-0.25, -0.2) is 9.67 Å². The van der Waals surface area contributed by atoms with E-state index in [9.17, 15) is 9.59 Å². The van der Waals surface area contributed by atoms with Crippen molar-refractivity contribution in [3.8, 4) is 5.69 Å². The van der Waals surface area contributed by atoms with E-state index in [1.54, 1.807) is 6.07 Å². The Labute approximate surface area is 183 Å². The molecule has 0 atom stereocenters. The highest BCUT2D eigenvalue weighted by Gasteiger charge is 2.27. The van der Waals surface area contributed by atoms with Gasteiger partial charge in [0.25, 0.3) is 5.91 Å². The molecule has 8 heteroatoms. The van der Waals surface area contributed by atoms with Gasteiger partial charge < -0.3 is 5.32 Å². The molecule has 156 valence electrons. The molecule has 0 fully saturated rings. The molecule has 2 heterocycles. The molecule has 2 aromatic carbocycles. The molecule has 0 saturated heterocycles. The number of para-hydroxylation sites is 1. The summed E-state index contributed by atoms with van der Waals surface area (Å²) >= 11 is 1.37. The molecule has 4 aromatic rings. The molecule has 2 aromatic heterocycles. The van der Waals surface area contributed by atoms with Crippen LogP contribution >= 0.6 is 11.3 Å². The number of aryl methyl sites for hydroxylation is 1. The Morgan fingerprint density at radius 1 is 1.10 bits per heavy atom. The van der Waals surface area contributed by atoms with Crippen LogP contribution in [0.1, 0.15) is 40.7 Å². The van der Waals surface area contributed by atoms with E-state index in [1.165, 1.54) is 18.3 Å². The van der Waals surface area contributed by atoms with Gasteiger partial charge in [0.1, 0.15) is 0 Å². The second kappa shape index (κ2) is 7.63. The SMILES string of the molecule is CC(=O)Nc1ccc2nc(NC(=O)c3nn(-c4ccccc4C)c4c3CCC4)sc2c1. The van der Waals surface area contributed by atoms with E-state index in [4.69, 9.17) is 5.10 Å². The third-order valence-corrected chi connectivity index (χ3v) is 6.35. The molecule has 2 N–H and O–H groups in total. The number of thiazole rings is 1. The predicted octanol–water partition coefficient (Wildman–Crippen LogP) is 4.49. The minimum atomic E-state index is -0.244. The van der Waals surface area contributed by atoms with Crippen LogP contribution in [-0.2, 0) is 17.6 Å². The van der Waals surface area contributed by atoms with Gasteiger partial charge in [0.05, 0.1) is 15.9 Å². The second-order valence-electron chi connectivity index (χ2n) is 7.66. The summed E-state index contributed by atoms with van der Waals surface area (Å²) in [7, 11) is 0. The van der Waals surface area contributed by atoms with Crippen LogP contribution < -0.4 is 10.6 Å². The lowest BCUT2D eigenvalue weighted by Crippen LogP contribution is -2.14. The Kier molecular flexibility index (Phi) is 4.78. The van der Waals surface area contributed by atoms with E-state index in [0.717, 1.165) is 52.0 Å². The van der Waals surface area contributed by atoms with Crippen LogP contribution in [0.15, 0.2) is 42.5 Å². The Morgan fingerprint density at radius 3 is 2.74 bits per heavy atom. The van der Waals surface area contributed by atoms with E-state index in [0.29, 0.717) is 16.5 Å². The maximum Gasteiger partial charge on any atom is 0.278 e. The van der Waals surface area contributed by atoms with Gasteiger partial charge in [-0.15, -0.1) is 0 Å². The van der Waals surface area contributed by atoms with Gasteiger partial charge in [-0.2, -0.15) is 5.10 Å². The van der Waals surface area contributed by atoms with Crippen molar-refractivity contribution in [2.24, 2.45) is 0 Å². The van der Waals surface area contributed by atoms with Crippen molar-refractivity contribution < 1.29 is 9.59 Å². The Morgan fingerprint density at radius 2 is 1.94 bits per heavy atom. The van der Waals surface area contributed by atoms with Crippen LogP contribution in [0.4, 0.5) is 10.8 Å². The lowest BCUT2D eigenvalue weighted by Gasteiger charge is -2.08. The molecule has 7 nitrogen and oxygen atoms in total. The molecule has 0 saturated carbocycles. The first-order chi connectivity index (χ1) is 15.0. The zero-order chi connectivity index (χ0) is 21.5. The lowest BCUT2D eigenvalue weighted by molar-refractivity contribution is -0.114. The summed E-state index contributed by atoms with van der Waals surface area (Å²) in [5, 5.41) is 10.9. The van der Waals surface area contributed by atoms with Crippen LogP contribution in [-0.4, -0.2) is 26.6 Å². The third-order valence-electron chi connectivity index (χ3n) is 5.42. The number of carbonyl (C=O) groups is 2. The predicted molar refractivity (Wildman–Crippen MR) is 122 cm³/mol. The van der Waals surface area contributed by atoms with Crippen molar-refractivity contribution in [3.05, 3.63) is 65.0 Å². The quantitative estimate of drug-likeness (QED) is 0.498. The second-order valence-corrected chi connectivity index (χ2v) is 8.69. The third kappa shape index (κ3) is 3.59. The number of amides is 2. The van der Waals surface area contributed by atoms with Crippen molar-refractivity contribution in [3.63, 3.8) is 0 Å². The Bertz CT molecular complexity index is 1340. The van der Waals surface area contributed by atoms with Crippen molar-refractivity contribution in [1.29, 1.82) is 0 Å². The van der Waals surface area contributed by atoms with Crippen LogP contribution in [0.25, 0.3) is 15.9 Å². The number of hydrogen-bond acceptors (Lipinski definition) is 5. The highest BCUT2D eigenvalue weighted by atomic mass is 32.1. The van der Waals surface area contributed by atoms with E-state index in [-0.39, 0.29) is 11.8 Å². The van der Waals surface area contributed by atoms with Crippen molar-refractivity contribution in [1.82, 2.24) is 14.8 Å². The summed E-state index contributed by atoms with van der Waals surface area (Å²) in [4.78, 5) is 28.9. The molecule has 5 rings (SSSR count). The molecule has 0 unspecified atom stereocenters. The van der Waals surface area contributed by atoms with Gasteiger partial charge in [0.15, 0.2) is 10.8 Å². The number of fused-ring (bicyclic) bond motifs is 2. The molecule has 1 aliphatic rings. The number of benzene rings is 2. The largest absolute Gasteiger partial charge is 0.326 e. The number of nitrogens with one attached hydrogen (secondary N) is 2. The standard InChI is InChI=1S/C23H21N5O2S/c1-13-6-3-4-8-18(13)28-19-9-5-7-16(19)21(27-28)22(30)26-23-25-17-11-10-15(24-14(2)29)12-20(17)31-23/h3-4,6,8,10-12H,5,7,9H2,1-2H3,(H,24,29)(H,25,26,30). The van der Waals surface area contributed by atoms with Gasteiger partial charge in [-0.3, -0.25) is 14.9 Å². The van der Waals surface area contributed by atoms with Gasteiger partial charge in [-0.1, -0.05) is 29.5 Å². The summed E-state index contributed by atoms with van der Waals surface area (Å²) < 4.78 is 2.81. The minimum absolute atomic E-state index is 0.129.